The Morgan fingerprint density at radius 2 is 1.78 bits per heavy atom. The Labute approximate surface area is 184 Å². The van der Waals surface area contributed by atoms with Gasteiger partial charge in [0.05, 0.1) is 11.0 Å². The van der Waals surface area contributed by atoms with Gasteiger partial charge in [-0.2, -0.15) is 0 Å². The van der Waals surface area contributed by atoms with Crippen molar-refractivity contribution in [2.75, 3.05) is 5.73 Å². The molecule has 0 bridgehead atoms. The lowest BCUT2D eigenvalue weighted by atomic mass is 9.93. The molecule has 8 nitrogen and oxygen atoms in total. The first-order valence-corrected chi connectivity index (χ1v) is 10.3. The monoisotopic (exact) mass is 427 g/mol. The van der Waals surface area contributed by atoms with Gasteiger partial charge in [-0.05, 0) is 35.2 Å². The molecule has 3 aromatic carbocycles. The van der Waals surface area contributed by atoms with E-state index < -0.39 is 4.92 Å². The van der Waals surface area contributed by atoms with Crippen molar-refractivity contribution in [1.82, 2.24) is 15.1 Å². The van der Waals surface area contributed by atoms with Crippen molar-refractivity contribution in [3.8, 4) is 11.5 Å². The number of nitro benzene ring substituents is 1. The molecule has 4 aromatic rings. The zero-order chi connectivity index (χ0) is 22.1. The minimum atomic E-state index is -0.518. The van der Waals surface area contributed by atoms with Gasteiger partial charge in [0.25, 0.3) is 5.69 Å². The number of anilines is 1. The number of benzene rings is 3. The molecule has 32 heavy (non-hydrogen) atoms. The molecule has 1 aliphatic rings. The maximum absolute atomic E-state index is 11.2. The van der Waals surface area contributed by atoms with Gasteiger partial charge in [-0.15, -0.1) is 10.2 Å². The fourth-order valence-electron chi connectivity index (χ4n) is 4.13. The molecule has 0 fully saturated rings. The zero-order valence-corrected chi connectivity index (χ0v) is 17.2. The van der Waals surface area contributed by atoms with Crippen molar-refractivity contribution < 1.29 is 9.34 Å². The van der Waals surface area contributed by atoms with Crippen LogP contribution in [-0.4, -0.2) is 20.0 Å². The summed E-state index contributed by atoms with van der Waals surface area (Å²) in [6, 6.07) is 23.0. The third-order valence-corrected chi connectivity index (χ3v) is 5.77. The molecule has 1 atom stereocenters. The zero-order valence-electron chi connectivity index (χ0n) is 17.2. The lowest BCUT2D eigenvalue weighted by Crippen LogP contribution is -2.34. The van der Waals surface area contributed by atoms with Crippen LogP contribution in [0.4, 0.5) is 11.4 Å². The number of hydrogen-bond acceptors (Lipinski definition) is 7. The van der Waals surface area contributed by atoms with Crippen LogP contribution < -0.4 is 5.73 Å². The maximum Gasteiger partial charge on any atom is 0.292 e. The number of nitrogen functional groups attached to an aromatic ring is 1. The predicted molar refractivity (Wildman–Crippen MR) is 119 cm³/mol. The molecule has 1 aliphatic heterocycles. The van der Waals surface area contributed by atoms with Gasteiger partial charge in [-0.1, -0.05) is 54.6 Å². The Morgan fingerprint density at radius 1 is 1.03 bits per heavy atom. The molecule has 2 heterocycles. The highest BCUT2D eigenvalue weighted by Crippen LogP contribution is 2.35. The van der Waals surface area contributed by atoms with E-state index in [9.17, 15) is 10.1 Å². The van der Waals surface area contributed by atoms with Gasteiger partial charge in [0.15, 0.2) is 0 Å². The number of fused-ring (bicyclic) bond motifs is 1. The number of aromatic nitrogens is 2. The Balaban J connectivity index is 1.49. The Kier molecular flexibility index (Phi) is 5.12. The summed E-state index contributed by atoms with van der Waals surface area (Å²) >= 11 is 0. The first kappa shape index (κ1) is 19.9. The van der Waals surface area contributed by atoms with E-state index in [4.69, 9.17) is 10.2 Å². The SMILES string of the molecule is Nc1ccc(-c2nnc(C3Cc4ccccc4CN3Cc3ccccc3)o2)cc1[N+](=O)[O-]. The second-order valence-electron chi connectivity index (χ2n) is 7.86. The molecule has 0 amide bonds. The summed E-state index contributed by atoms with van der Waals surface area (Å²) in [6.07, 6.45) is 0.743. The van der Waals surface area contributed by atoms with Crippen molar-refractivity contribution in [2.45, 2.75) is 25.6 Å². The highest BCUT2D eigenvalue weighted by Gasteiger charge is 2.31. The predicted octanol–water partition coefficient (Wildman–Crippen LogP) is 4.53. The van der Waals surface area contributed by atoms with Crippen LogP contribution in [0.3, 0.4) is 0 Å². The lowest BCUT2D eigenvalue weighted by molar-refractivity contribution is -0.383. The maximum atomic E-state index is 11.2. The first-order valence-electron chi connectivity index (χ1n) is 10.3. The summed E-state index contributed by atoms with van der Waals surface area (Å²) in [5, 5.41) is 19.7. The molecule has 2 N–H and O–H groups in total. The van der Waals surface area contributed by atoms with Crippen molar-refractivity contribution in [3.05, 3.63) is 105 Å². The second kappa shape index (κ2) is 8.24. The first-order chi connectivity index (χ1) is 15.6. The Morgan fingerprint density at radius 3 is 2.56 bits per heavy atom. The topological polar surface area (TPSA) is 111 Å². The third-order valence-electron chi connectivity index (χ3n) is 5.77. The van der Waals surface area contributed by atoms with E-state index in [0.717, 1.165) is 19.5 Å². The molecule has 0 saturated heterocycles. The smallest absolute Gasteiger partial charge is 0.292 e. The van der Waals surface area contributed by atoms with Crippen LogP contribution >= 0.6 is 0 Å². The molecule has 0 radical (unpaired) electrons. The van der Waals surface area contributed by atoms with E-state index in [1.54, 1.807) is 6.07 Å². The van der Waals surface area contributed by atoms with Crippen LogP contribution in [0.25, 0.3) is 11.5 Å². The fraction of sp³-hybridized carbons (Fsp3) is 0.167. The van der Waals surface area contributed by atoms with Gasteiger partial charge in [-0.25, -0.2) is 0 Å². The molecular weight excluding hydrogens is 406 g/mol. The van der Waals surface area contributed by atoms with Crippen molar-refractivity contribution in [2.24, 2.45) is 0 Å². The van der Waals surface area contributed by atoms with Crippen LogP contribution in [-0.2, 0) is 19.5 Å². The molecule has 160 valence electrons. The van der Waals surface area contributed by atoms with E-state index in [1.807, 2.05) is 24.3 Å². The van der Waals surface area contributed by atoms with Crippen LogP contribution in [0, 0.1) is 10.1 Å². The second-order valence-corrected chi connectivity index (χ2v) is 7.86. The van der Waals surface area contributed by atoms with Gasteiger partial charge in [0.2, 0.25) is 11.8 Å². The number of hydrogen-bond donors (Lipinski definition) is 1. The standard InChI is InChI=1S/C24H21N5O3/c25-20-11-10-18(13-21(20)29(30)31)23-26-27-24(32-23)22-12-17-8-4-5-9-19(17)15-28(22)14-16-6-2-1-3-7-16/h1-11,13,22H,12,14-15,25H2. The molecule has 0 spiro atoms. The quantitative estimate of drug-likeness (QED) is 0.283. The highest BCUT2D eigenvalue weighted by atomic mass is 16.6. The van der Waals surface area contributed by atoms with Crippen LogP contribution in [0.5, 0.6) is 0 Å². The van der Waals surface area contributed by atoms with Crippen LogP contribution in [0.15, 0.2) is 77.2 Å². The molecule has 1 aromatic heterocycles. The molecular formula is C24H21N5O3. The van der Waals surface area contributed by atoms with Crippen molar-refractivity contribution in [3.63, 3.8) is 0 Å². The van der Waals surface area contributed by atoms with Gasteiger partial charge in [0.1, 0.15) is 5.69 Å². The number of nitrogens with zero attached hydrogens (tertiary/aromatic N) is 4. The minimum Gasteiger partial charge on any atom is -0.419 e. The van der Waals surface area contributed by atoms with Crippen LogP contribution in [0.1, 0.15) is 28.6 Å². The van der Waals surface area contributed by atoms with Crippen molar-refractivity contribution in [1.29, 1.82) is 0 Å². The third kappa shape index (κ3) is 3.83. The summed E-state index contributed by atoms with van der Waals surface area (Å²) in [4.78, 5) is 13.0. The van der Waals surface area contributed by atoms with Gasteiger partial charge in [0, 0.05) is 24.7 Å². The fourth-order valence-corrected chi connectivity index (χ4v) is 4.13. The Bertz CT molecular complexity index is 1270. The summed E-state index contributed by atoms with van der Waals surface area (Å²) < 4.78 is 6.04. The number of nitro groups is 1. The van der Waals surface area contributed by atoms with E-state index in [2.05, 4.69) is 45.4 Å². The lowest BCUT2D eigenvalue weighted by Gasteiger charge is -2.35. The summed E-state index contributed by atoms with van der Waals surface area (Å²) in [5.41, 5.74) is 9.83. The largest absolute Gasteiger partial charge is 0.419 e. The molecule has 0 aliphatic carbocycles. The average Bonchev–Trinajstić information content (AvgIpc) is 3.29. The summed E-state index contributed by atoms with van der Waals surface area (Å²) in [7, 11) is 0. The number of nitrogens with two attached hydrogens (primary N) is 1. The molecule has 8 heteroatoms. The normalized spacial score (nSPS) is 15.9. The highest BCUT2D eigenvalue weighted by molar-refractivity contribution is 5.67. The van der Waals surface area contributed by atoms with E-state index in [-0.39, 0.29) is 23.3 Å². The summed E-state index contributed by atoms with van der Waals surface area (Å²) in [5.74, 6) is 0.728. The van der Waals surface area contributed by atoms with E-state index in [1.165, 1.54) is 28.8 Å². The number of rotatable bonds is 5. The molecule has 1 unspecified atom stereocenters. The van der Waals surface area contributed by atoms with Gasteiger partial charge >= 0.3 is 0 Å². The van der Waals surface area contributed by atoms with E-state index in [0.29, 0.717) is 11.5 Å². The molecule has 5 rings (SSSR count). The minimum absolute atomic E-state index is 0.0939. The van der Waals surface area contributed by atoms with Gasteiger partial charge in [-0.3, -0.25) is 15.0 Å². The van der Waals surface area contributed by atoms with E-state index >= 15 is 0 Å². The average molecular weight is 427 g/mol. The van der Waals surface area contributed by atoms with Crippen molar-refractivity contribution >= 4 is 11.4 Å². The van der Waals surface area contributed by atoms with Gasteiger partial charge < -0.3 is 10.2 Å². The van der Waals surface area contributed by atoms with Crippen LogP contribution in [0.2, 0.25) is 0 Å². The summed E-state index contributed by atoms with van der Waals surface area (Å²) in [6.45, 7) is 1.51. The molecule has 0 saturated carbocycles. The Hall–Kier alpha value is -4.04.